The molecule has 0 radical (unpaired) electrons. The molecule has 148 valence electrons. The normalized spacial score (nSPS) is 13.3. The maximum atomic E-state index is 10.4. The van der Waals surface area contributed by atoms with E-state index < -0.39 is 0 Å². The van der Waals surface area contributed by atoms with Crippen LogP contribution in [0.1, 0.15) is 73.1 Å². The van der Waals surface area contributed by atoms with Crippen LogP contribution in [0.15, 0.2) is 47.2 Å². The van der Waals surface area contributed by atoms with E-state index in [0.29, 0.717) is 12.5 Å². The average Bonchev–Trinajstić information content (AvgIpc) is 2.56. The average molecular weight is 378 g/mol. The van der Waals surface area contributed by atoms with Gasteiger partial charge in [0.1, 0.15) is 6.29 Å². The highest BCUT2D eigenvalue weighted by Gasteiger charge is 2.02. The van der Waals surface area contributed by atoms with Gasteiger partial charge in [-0.2, -0.15) is 11.8 Å². The molecule has 2 nitrogen and oxygen atoms in total. The SMILES string of the molecule is C=C(CCC=O)NC(C)CSC/C=C(\C)CC/C=C(\C)CCC=C(C)C. The molecule has 1 atom stereocenters. The molecule has 0 saturated heterocycles. The van der Waals surface area contributed by atoms with E-state index in [0.717, 1.165) is 49.2 Å². The molecule has 0 aliphatic heterocycles. The molecule has 0 bridgehead atoms. The van der Waals surface area contributed by atoms with E-state index in [1.54, 1.807) is 0 Å². The molecule has 1 unspecified atom stereocenters. The van der Waals surface area contributed by atoms with Crippen molar-refractivity contribution in [2.24, 2.45) is 0 Å². The largest absolute Gasteiger partial charge is 0.386 e. The molecule has 0 aliphatic rings. The minimum Gasteiger partial charge on any atom is -0.386 e. The second kappa shape index (κ2) is 16.0. The zero-order valence-corrected chi connectivity index (χ0v) is 18.4. The third-order valence-electron chi connectivity index (χ3n) is 4.05. The lowest BCUT2D eigenvalue weighted by atomic mass is 10.1. The second-order valence-electron chi connectivity index (χ2n) is 7.35. The first-order valence-corrected chi connectivity index (χ1v) is 10.9. The maximum absolute atomic E-state index is 10.4. The second-order valence-corrected chi connectivity index (χ2v) is 8.43. The van der Waals surface area contributed by atoms with Gasteiger partial charge in [0.05, 0.1) is 0 Å². The molecule has 0 heterocycles. The molecule has 0 fully saturated rings. The quantitative estimate of drug-likeness (QED) is 0.198. The van der Waals surface area contributed by atoms with Crippen molar-refractivity contribution in [3.63, 3.8) is 0 Å². The van der Waals surface area contributed by atoms with Gasteiger partial charge in [-0.25, -0.2) is 0 Å². The summed E-state index contributed by atoms with van der Waals surface area (Å²) in [6.45, 7) is 14.9. The Labute approximate surface area is 166 Å². The fourth-order valence-corrected chi connectivity index (χ4v) is 3.46. The van der Waals surface area contributed by atoms with Crippen LogP contribution in [-0.2, 0) is 4.79 Å². The molecular formula is C23H39NOS. The zero-order valence-electron chi connectivity index (χ0n) is 17.6. The van der Waals surface area contributed by atoms with Crippen LogP contribution < -0.4 is 5.32 Å². The summed E-state index contributed by atoms with van der Waals surface area (Å²) in [5.74, 6) is 2.11. The van der Waals surface area contributed by atoms with E-state index in [9.17, 15) is 4.79 Å². The third-order valence-corrected chi connectivity index (χ3v) is 5.19. The Morgan fingerprint density at radius 1 is 0.962 bits per heavy atom. The molecule has 0 amide bonds. The standard InChI is InChI=1S/C23H39NOS/c1-19(2)10-7-11-20(3)12-8-13-21(4)15-17-26-18-23(6)24-22(5)14-9-16-25/h10,12,15-16,23-24H,5,7-9,11,13-14,17-18H2,1-4,6H3/b20-12+,21-15+. The fraction of sp³-hybridized carbons (Fsp3) is 0.609. The monoisotopic (exact) mass is 377 g/mol. The lowest BCUT2D eigenvalue weighted by molar-refractivity contribution is -0.107. The molecule has 0 spiro atoms. The highest BCUT2D eigenvalue weighted by molar-refractivity contribution is 7.99. The van der Waals surface area contributed by atoms with Gasteiger partial charge < -0.3 is 10.1 Å². The van der Waals surface area contributed by atoms with E-state index >= 15 is 0 Å². The van der Waals surface area contributed by atoms with E-state index in [1.807, 2.05) is 11.8 Å². The summed E-state index contributed by atoms with van der Waals surface area (Å²) in [6.07, 6.45) is 13.9. The molecule has 0 rings (SSSR count). The summed E-state index contributed by atoms with van der Waals surface area (Å²) in [5.41, 5.74) is 5.34. The van der Waals surface area contributed by atoms with Crippen LogP contribution >= 0.6 is 11.8 Å². The van der Waals surface area contributed by atoms with Crippen LogP contribution in [0.25, 0.3) is 0 Å². The number of allylic oxidation sites excluding steroid dienone is 6. The number of hydrogen-bond acceptors (Lipinski definition) is 3. The van der Waals surface area contributed by atoms with E-state index in [-0.39, 0.29) is 0 Å². The maximum Gasteiger partial charge on any atom is 0.120 e. The van der Waals surface area contributed by atoms with E-state index in [1.165, 1.54) is 23.1 Å². The third kappa shape index (κ3) is 16.3. The Morgan fingerprint density at radius 2 is 1.58 bits per heavy atom. The molecule has 0 aromatic rings. The molecule has 3 heteroatoms. The smallest absolute Gasteiger partial charge is 0.120 e. The molecule has 0 aliphatic carbocycles. The van der Waals surface area contributed by atoms with Gasteiger partial charge in [-0.05, 0) is 66.7 Å². The Kier molecular flexibility index (Phi) is 15.2. The summed E-state index contributed by atoms with van der Waals surface area (Å²) < 4.78 is 0. The number of carbonyl (C=O) groups excluding carboxylic acids is 1. The van der Waals surface area contributed by atoms with Crippen LogP contribution in [0.4, 0.5) is 0 Å². The highest BCUT2D eigenvalue weighted by Crippen LogP contribution is 2.13. The van der Waals surface area contributed by atoms with Crippen LogP contribution in [0, 0.1) is 0 Å². The van der Waals surface area contributed by atoms with E-state index in [2.05, 4.69) is 64.7 Å². The number of hydrogen-bond donors (Lipinski definition) is 1. The fourth-order valence-electron chi connectivity index (χ4n) is 2.48. The molecule has 0 aromatic heterocycles. The summed E-state index contributed by atoms with van der Waals surface area (Å²) in [5, 5.41) is 3.37. The van der Waals surface area contributed by atoms with Gasteiger partial charge >= 0.3 is 0 Å². The number of thioether (sulfide) groups is 1. The zero-order chi connectivity index (χ0) is 19.8. The summed E-state index contributed by atoms with van der Waals surface area (Å²) in [4.78, 5) is 10.4. The van der Waals surface area contributed by atoms with Gasteiger partial charge in [0.2, 0.25) is 0 Å². The first kappa shape index (κ1) is 24.8. The molecule has 1 N–H and O–H groups in total. The molecule has 0 saturated carbocycles. The minimum absolute atomic E-state index is 0.388. The van der Waals surface area contributed by atoms with Crippen molar-refractivity contribution in [1.82, 2.24) is 5.32 Å². The van der Waals surface area contributed by atoms with Crippen LogP contribution in [0.2, 0.25) is 0 Å². The first-order valence-electron chi connectivity index (χ1n) is 9.75. The molecular weight excluding hydrogens is 338 g/mol. The molecule has 0 aromatic carbocycles. The first-order chi connectivity index (χ1) is 12.3. The number of nitrogens with one attached hydrogen (secondary N) is 1. The van der Waals surface area contributed by atoms with Gasteiger partial charge in [0, 0.05) is 29.7 Å². The minimum atomic E-state index is 0.388. The lowest BCUT2D eigenvalue weighted by Gasteiger charge is -2.16. The van der Waals surface area contributed by atoms with Gasteiger partial charge in [-0.1, -0.05) is 41.5 Å². The Morgan fingerprint density at radius 3 is 2.19 bits per heavy atom. The Balaban J connectivity index is 3.88. The van der Waals surface area contributed by atoms with Crippen molar-refractivity contribution in [1.29, 1.82) is 0 Å². The van der Waals surface area contributed by atoms with Gasteiger partial charge in [0.25, 0.3) is 0 Å². The van der Waals surface area contributed by atoms with Gasteiger partial charge in [-0.3, -0.25) is 0 Å². The van der Waals surface area contributed by atoms with Crippen molar-refractivity contribution in [3.8, 4) is 0 Å². The topological polar surface area (TPSA) is 29.1 Å². The van der Waals surface area contributed by atoms with Crippen LogP contribution in [0.5, 0.6) is 0 Å². The lowest BCUT2D eigenvalue weighted by Crippen LogP contribution is -2.27. The predicted octanol–water partition coefficient (Wildman–Crippen LogP) is 6.61. The van der Waals surface area contributed by atoms with Crippen molar-refractivity contribution < 1.29 is 4.79 Å². The van der Waals surface area contributed by atoms with Gasteiger partial charge in [0.15, 0.2) is 0 Å². The van der Waals surface area contributed by atoms with Crippen molar-refractivity contribution in [2.75, 3.05) is 11.5 Å². The van der Waals surface area contributed by atoms with Crippen LogP contribution in [-0.4, -0.2) is 23.8 Å². The number of aldehydes is 1. The highest BCUT2D eigenvalue weighted by atomic mass is 32.2. The summed E-state index contributed by atoms with van der Waals surface area (Å²) in [6, 6.07) is 0.388. The van der Waals surface area contributed by atoms with Gasteiger partial charge in [-0.15, -0.1) is 0 Å². The van der Waals surface area contributed by atoms with Crippen molar-refractivity contribution in [3.05, 3.63) is 47.2 Å². The van der Waals surface area contributed by atoms with E-state index in [4.69, 9.17) is 0 Å². The summed E-state index contributed by atoms with van der Waals surface area (Å²) >= 11 is 1.94. The molecule has 26 heavy (non-hydrogen) atoms. The van der Waals surface area contributed by atoms with Crippen molar-refractivity contribution in [2.45, 2.75) is 79.2 Å². The van der Waals surface area contributed by atoms with Crippen molar-refractivity contribution >= 4 is 18.0 Å². The predicted molar refractivity (Wildman–Crippen MR) is 120 cm³/mol. The number of carbonyl (C=O) groups is 1. The van der Waals surface area contributed by atoms with Crippen LogP contribution in [0.3, 0.4) is 0 Å². The Hall–Kier alpha value is -1.22. The Bertz CT molecular complexity index is 498. The number of rotatable bonds is 15. The summed E-state index contributed by atoms with van der Waals surface area (Å²) in [7, 11) is 0.